The molecule has 0 saturated carbocycles. The predicted molar refractivity (Wildman–Crippen MR) is 192 cm³/mol. The number of rotatable bonds is 11. The summed E-state index contributed by atoms with van der Waals surface area (Å²) in [6.07, 6.45) is 3.45. The summed E-state index contributed by atoms with van der Waals surface area (Å²) < 4.78 is 44.9. The number of ether oxygens (including phenoxy) is 2. The van der Waals surface area contributed by atoms with Crippen molar-refractivity contribution in [1.82, 2.24) is 0 Å². The predicted octanol–water partition coefficient (Wildman–Crippen LogP) is 9.67. The van der Waals surface area contributed by atoms with Crippen LogP contribution in [0.5, 0.6) is 11.5 Å². The molecule has 0 bridgehead atoms. The van der Waals surface area contributed by atoms with Gasteiger partial charge in [0.05, 0.1) is 25.6 Å². The molecule has 0 saturated heterocycles. The molecule has 1 aliphatic rings. The van der Waals surface area contributed by atoms with Gasteiger partial charge in [0.2, 0.25) is 0 Å². The van der Waals surface area contributed by atoms with Gasteiger partial charge in [-0.25, -0.2) is 0 Å². The Bertz CT molecular complexity index is 1930. The Morgan fingerprint density at radius 1 is 0.745 bits per heavy atom. The number of benzene rings is 5. The Hall–Kier alpha value is -4.70. The zero-order valence-corrected chi connectivity index (χ0v) is 28.0. The number of allylic oxidation sites excluding steroid dienone is 1. The van der Waals surface area contributed by atoms with Gasteiger partial charge in [0.25, 0.3) is 10.1 Å². The van der Waals surface area contributed by atoms with Crippen molar-refractivity contribution in [2.24, 2.45) is 0 Å². The molecule has 240 valence electrons. The van der Waals surface area contributed by atoms with E-state index in [1.807, 2.05) is 60.7 Å². The first-order valence-corrected chi connectivity index (χ1v) is 17.6. The Morgan fingerprint density at radius 2 is 1.28 bits per heavy atom. The third kappa shape index (κ3) is 7.02. The highest BCUT2D eigenvalue weighted by molar-refractivity contribution is 7.99. The number of para-hydroxylation sites is 1. The summed E-state index contributed by atoms with van der Waals surface area (Å²) in [5, 5.41) is -0.979. The van der Waals surface area contributed by atoms with E-state index in [-0.39, 0.29) is 6.42 Å². The first-order valence-electron chi connectivity index (χ1n) is 15.3. The van der Waals surface area contributed by atoms with Gasteiger partial charge >= 0.3 is 0 Å². The van der Waals surface area contributed by atoms with Gasteiger partial charge in [0.15, 0.2) is 0 Å². The minimum atomic E-state index is -4.23. The summed E-state index contributed by atoms with van der Waals surface area (Å²) in [5.41, 5.74) is 7.09. The first kappa shape index (κ1) is 32.2. The van der Waals surface area contributed by atoms with E-state index in [2.05, 4.69) is 64.4 Å². The molecule has 9 heteroatoms. The number of methoxy groups -OCH3 is 2. The number of hydrogen-bond acceptors (Lipinski definition) is 7. The standard InChI is InChI=1S/C38H36N2O5S2/c1-4-7-34(47(41,42)43)24-25-39-35-8-5-6-9-37(35)46-38-23-12-28(26-36(38)39)27-10-13-29(14-11-27)40(30-15-19-32(44-2)20-16-30)31-17-21-33(45-3)22-18-31/h4-23,26,34H,24-25H2,1-3H3,(H,41,42,43)/b7-4+. The second-order valence-electron chi connectivity index (χ2n) is 11.1. The fraction of sp³-hybridized carbons (Fsp3) is 0.158. The highest BCUT2D eigenvalue weighted by Gasteiger charge is 2.27. The largest absolute Gasteiger partial charge is 0.497 e. The summed E-state index contributed by atoms with van der Waals surface area (Å²) >= 11 is 1.70. The minimum absolute atomic E-state index is 0.243. The van der Waals surface area contributed by atoms with Crippen LogP contribution in [-0.4, -0.2) is 39.0 Å². The van der Waals surface area contributed by atoms with Gasteiger partial charge in [-0.1, -0.05) is 54.2 Å². The highest BCUT2D eigenvalue weighted by atomic mass is 32.2. The lowest BCUT2D eigenvalue weighted by Gasteiger charge is -2.33. The molecule has 7 nitrogen and oxygen atoms in total. The maximum atomic E-state index is 12.1. The summed E-state index contributed by atoms with van der Waals surface area (Å²) in [4.78, 5) is 6.53. The van der Waals surface area contributed by atoms with Crippen LogP contribution in [0.25, 0.3) is 11.1 Å². The van der Waals surface area contributed by atoms with Crippen LogP contribution in [0, 0.1) is 0 Å². The highest BCUT2D eigenvalue weighted by Crippen LogP contribution is 2.49. The third-order valence-corrected chi connectivity index (χ3v) is 10.5. The molecule has 0 spiro atoms. The van der Waals surface area contributed by atoms with E-state index >= 15 is 0 Å². The van der Waals surface area contributed by atoms with Crippen molar-refractivity contribution in [1.29, 1.82) is 0 Å². The molecule has 1 heterocycles. The molecule has 47 heavy (non-hydrogen) atoms. The van der Waals surface area contributed by atoms with Crippen LogP contribution in [-0.2, 0) is 10.1 Å². The smallest absolute Gasteiger partial charge is 0.271 e. The van der Waals surface area contributed by atoms with E-state index in [1.54, 1.807) is 45.1 Å². The maximum Gasteiger partial charge on any atom is 0.271 e. The van der Waals surface area contributed by atoms with Crippen molar-refractivity contribution >= 4 is 50.3 Å². The molecule has 0 aromatic heterocycles. The van der Waals surface area contributed by atoms with Gasteiger partial charge < -0.3 is 19.3 Å². The van der Waals surface area contributed by atoms with Crippen molar-refractivity contribution in [2.75, 3.05) is 30.6 Å². The van der Waals surface area contributed by atoms with Gasteiger partial charge in [-0.15, -0.1) is 0 Å². The van der Waals surface area contributed by atoms with E-state index in [0.717, 1.165) is 60.9 Å². The fourth-order valence-electron chi connectivity index (χ4n) is 5.78. The molecule has 6 rings (SSSR count). The fourth-order valence-corrected chi connectivity index (χ4v) is 7.61. The van der Waals surface area contributed by atoms with Crippen molar-refractivity contribution in [3.05, 3.63) is 127 Å². The normalized spacial score (nSPS) is 13.1. The van der Waals surface area contributed by atoms with Crippen LogP contribution in [0.15, 0.2) is 137 Å². The topological polar surface area (TPSA) is 79.3 Å². The quantitative estimate of drug-likeness (QED) is 0.110. The van der Waals surface area contributed by atoms with Crippen molar-refractivity contribution in [3.8, 4) is 22.6 Å². The van der Waals surface area contributed by atoms with Crippen LogP contribution in [0.1, 0.15) is 13.3 Å². The number of fused-ring (bicyclic) bond motifs is 2. The molecule has 0 aliphatic carbocycles. The Kier molecular flexibility index (Phi) is 9.58. The zero-order chi connectivity index (χ0) is 33.0. The Balaban J connectivity index is 1.34. The second kappa shape index (κ2) is 14.0. The lowest BCUT2D eigenvalue weighted by molar-refractivity contribution is 0.415. The molecule has 1 atom stereocenters. The first-order chi connectivity index (χ1) is 22.8. The minimum Gasteiger partial charge on any atom is -0.497 e. The number of anilines is 5. The van der Waals surface area contributed by atoms with Gasteiger partial charge in [-0.05, 0) is 109 Å². The Morgan fingerprint density at radius 3 is 1.83 bits per heavy atom. The second-order valence-corrected chi connectivity index (χ2v) is 13.8. The van der Waals surface area contributed by atoms with Crippen LogP contribution in [0.3, 0.4) is 0 Å². The summed E-state index contributed by atoms with van der Waals surface area (Å²) in [6.45, 7) is 2.17. The Labute approximate surface area is 280 Å². The van der Waals surface area contributed by atoms with Crippen LogP contribution < -0.4 is 19.3 Å². The van der Waals surface area contributed by atoms with E-state index in [9.17, 15) is 13.0 Å². The molecule has 1 N–H and O–H groups in total. The summed E-state index contributed by atoms with van der Waals surface area (Å²) in [7, 11) is -0.909. The van der Waals surface area contributed by atoms with Crippen LogP contribution in [0.2, 0.25) is 0 Å². The third-order valence-electron chi connectivity index (χ3n) is 8.17. The molecule has 1 aliphatic heterocycles. The van der Waals surface area contributed by atoms with E-state index in [4.69, 9.17) is 9.47 Å². The van der Waals surface area contributed by atoms with Crippen LogP contribution >= 0.6 is 11.8 Å². The average molecular weight is 665 g/mol. The number of nitrogens with zero attached hydrogens (tertiary/aromatic N) is 2. The van der Waals surface area contributed by atoms with Gasteiger partial charge in [-0.2, -0.15) is 8.42 Å². The SMILES string of the molecule is C/C=C/C(CCN1c2ccccc2Sc2ccc(-c3ccc(N(c4ccc(OC)cc4)c4ccc(OC)cc4)cc3)cc21)S(=O)(=O)O. The van der Waals surface area contributed by atoms with E-state index in [1.165, 1.54) is 0 Å². The maximum absolute atomic E-state index is 12.1. The van der Waals surface area contributed by atoms with Crippen molar-refractivity contribution < 1.29 is 22.4 Å². The molecule has 5 aromatic rings. The molecule has 0 fully saturated rings. The van der Waals surface area contributed by atoms with E-state index < -0.39 is 15.4 Å². The van der Waals surface area contributed by atoms with Gasteiger partial charge in [0.1, 0.15) is 16.7 Å². The molecular formula is C38H36N2O5S2. The lowest BCUT2D eigenvalue weighted by Crippen LogP contribution is -2.28. The number of hydrogen-bond donors (Lipinski definition) is 1. The van der Waals surface area contributed by atoms with Gasteiger partial charge in [-0.3, -0.25) is 4.55 Å². The summed E-state index contributed by atoms with van der Waals surface area (Å²) in [6, 6.07) is 38.9. The van der Waals surface area contributed by atoms with Crippen molar-refractivity contribution in [2.45, 2.75) is 28.4 Å². The molecule has 1 unspecified atom stereocenters. The van der Waals surface area contributed by atoms with Crippen molar-refractivity contribution in [3.63, 3.8) is 0 Å². The molecule has 0 radical (unpaired) electrons. The summed E-state index contributed by atoms with van der Waals surface area (Å²) in [5.74, 6) is 1.58. The average Bonchev–Trinajstić information content (AvgIpc) is 3.10. The van der Waals surface area contributed by atoms with Crippen LogP contribution in [0.4, 0.5) is 28.4 Å². The lowest BCUT2D eigenvalue weighted by atomic mass is 10.0. The van der Waals surface area contributed by atoms with Gasteiger partial charge in [0, 0.05) is 33.4 Å². The monoisotopic (exact) mass is 664 g/mol. The molecule has 0 amide bonds. The zero-order valence-electron chi connectivity index (χ0n) is 26.4. The molecular weight excluding hydrogens is 629 g/mol. The molecule has 5 aromatic carbocycles. The van der Waals surface area contributed by atoms with E-state index in [0.29, 0.717) is 6.54 Å².